The summed E-state index contributed by atoms with van der Waals surface area (Å²) in [6.07, 6.45) is 1.49. The summed E-state index contributed by atoms with van der Waals surface area (Å²) in [4.78, 5) is 11.1. The Bertz CT molecular complexity index is 1500. The summed E-state index contributed by atoms with van der Waals surface area (Å²) in [6, 6.07) is 15.8. The molecule has 7 nitrogen and oxygen atoms in total. The van der Waals surface area contributed by atoms with E-state index < -0.39 is 16.0 Å². The van der Waals surface area contributed by atoms with Gasteiger partial charge in [-0.15, -0.1) is 0 Å². The third-order valence-electron chi connectivity index (χ3n) is 5.16. The Morgan fingerprint density at radius 3 is 2.41 bits per heavy atom. The number of methoxy groups -OCH3 is 1. The molecule has 1 aromatic heterocycles. The number of hydrogen-bond acceptors (Lipinski definition) is 5. The predicted octanol–water partition coefficient (Wildman–Crippen LogP) is 6.00. The van der Waals surface area contributed by atoms with Crippen LogP contribution in [0.3, 0.4) is 0 Å². The first-order chi connectivity index (χ1) is 16.2. The summed E-state index contributed by atoms with van der Waals surface area (Å²) in [6.45, 7) is 0. The van der Waals surface area contributed by atoms with Gasteiger partial charge < -0.3 is 14.6 Å². The zero-order chi connectivity index (χ0) is 24.5. The minimum atomic E-state index is -4.03. The Labute approximate surface area is 206 Å². The summed E-state index contributed by atoms with van der Waals surface area (Å²) in [5.41, 5.74) is 1.00. The number of rotatable bonds is 8. The van der Waals surface area contributed by atoms with Crippen LogP contribution in [0.2, 0.25) is 10.0 Å². The molecule has 0 saturated carbocycles. The highest BCUT2D eigenvalue weighted by atomic mass is 35.5. The first-order valence-corrected chi connectivity index (χ1v) is 12.3. The maximum Gasteiger partial charge on any atom is 0.303 e. The van der Waals surface area contributed by atoms with E-state index in [0.29, 0.717) is 43.8 Å². The van der Waals surface area contributed by atoms with Crippen molar-refractivity contribution in [3.05, 3.63) is 82.5 Å². The molecule has 3 aromatic carbocycles. The molecule has 0 radical (unpaired) electrons. The van der Waals surface area contributed by atoms with E-state index in [2.05, 4.69) is 0 Å². The van der Waals surface area contributed by atoms with E-state index in [9.17, 15) is 13.2 Å². The molecule has 0 bridgehead atoms. The van der Waals surface area contributed by atoms with Crippen LogP contribution >= 0.6 is 23.2 Å². The standard InChI is InChI=1S/C24H19Cl2NO6S/c1-32-16-7-9-23-20(12-16)15(5-10-24(28)29)14-27(23)34(30,31)19-4-2-3-17(11-19)33-18-6-8-21(25)22(26)13-18/h2-4,6-9,11-14H,5,10H2,1H3,(H,28,29). The van der Waals surface area contributed by atoms with E-state index in [4.69, 9.17) is 37.8 Å². The van der Waals surface area contributed by atoms with Crippen molar-refractivity contribution in [2.45, 2.75) is 17.7 Å². The number of fused-ring (bicyclic) bond motifs is 1. The maximum atomic E-state index is 13.6. The fourth-order valence-corrected chi connectivity index (χ4v) is 5.21. The average molecular weight is 520 g/mol. The second-order valence-electron chi connectivity index (χ2n) is 7.38. The summed E-state index contributed by atoms with van der Waals surface area (Å²) in [5.74, 6) is 0.261. The van der Waals surface area contributed by atoms with Crippen LogP contribution in [0.4, 0.5) is 0 Å². The molecule has 0 aliphatic carbocycles. The second kappa shape index (κ2) is 9.58. The predicted molar refractivity (Wildman–Crippen MR) is 130 cm³/mol. The van der Waals surface area contributed by atoms with Crippen LogP contribution < -0.4 is 9.47 Å². The molecule has 0 aliphatic heterocycles. The van der Waals surface area contributed by atoms with Crippen molar-refractivity contribution in [1.29, 1.82) is 0 Å². The van der Waals surface area contributed by atoms with Gasteiger partial charge in [0.05, 0.1) is 27.6 Å². The molecule has 0 atom stereocenters. The molecule has 10 heteroatoms. The molecule has 0 unspecified atom stereocenters. The summed E-state index contributed by atoms with van der Waals surface area (Å²) < 4.78 is 39.3. The van der Waals surface area contributed by atoms with Gasteiger partial charge in [-0.25, -0.2) is 12.4 Å². The van der Waals surface area contributed by atoms with Crippen LogP contribution in [0, 0.1) is 0 Å². The number of carboxylic acids is 1. The number of ether oxygens (including phenoxy) is 2. The fraction of sp³-hybridized carbons (Fsp3) is 0.125. The van der Waals surface area contributed by atoms with Crippen LogP contribution in [0.15, 0.2) is 71.8 Å². The molecule has 1 N–H and O–H groups in total. The molecule has 0 spiro atoms. The molecule has 4 aromatic rings. The number of aromatic nitrogens is 1. The van der Waals surface area contributed by atoms with E-state index in [-0.39, 0.29) is 17.7 Å². The number of aryl methyl sites for hydroxylation is 1. The van der Waals surface area contributed by atoms with Gasteiger partial charge in [0.1, 0.15) is 17.2 Å². The molecule has 0 amide bonds. The van der Waals surface area contributed by atoms with Crippen molar-refractivity contribution < 1.29 is 27.8 Å². The van der Waals surface area contributed by atoms with Crippen LogP contribution in [-0.2, 0) is 21.2 Å². The summed E-state index contributed by atoms with van der Waals surface area (Å²) in [5, 5.41) is 10.4. The Kier molecular flexibility index (Phi) is 6.74. The second-order valence-corrected chi connectivity index (χ2v) is 10.0. The summed E-state index contributed by atoms with van der Waals surface area (Å²) in [7, 11) is -2.53. The van der Waals surface area contributed by atoms with Gasteiger partial charge >= 0.3 is 5.97 Å². The van der Waals surface area contributed by atoms with Crippen LogP contribution in [0.1, 0.15) is 12.0 Å². The van der Waals surface area contributed by atoms with Crippen LogP contribution in [-0.4, -0.2) is 30.6 Å². The number of carbonyl (C=O) groups is 1. The maximum absolute atomic E-state index is 13.6. The van der Waals surface area contributed by atoms with Gasteiger partial charge in [-0.1, -0.05) is 29.3 Å². The van der Waals surface area contributed by atoms with Crippen molar-refractivity contribution in [1.82, 2.24) is 3.97 Å². The first kappa shape index (κ1) is 23.9. The highest BCUT2D eigenvalue weighted by molar-refractivity contribution is 7.90. The zero-order valence-corrected chi connectivity index (χ0v) is 20.2. The molecule has 0 aliphatic rings. The molecule has 176 valence electrons. The minimum absolute atomic E-state index is 0.00237. The third-order valence-corrected chi connectivity index (χ3v) is 7.57. The molecule has 1 heterocycles. The van der Waals surface area contributed by atoms with E-state index in [1.807, 2.05) is 0 Å². The van der Waals surface area contributed by atoms with Gasteiger partial charge in [-0.2, -0.15) is 0 Å². The molecular weight excluding hydrogens is 501 g/mol. The average Bonchev–Trinajstić information content (AvgIpc) is 3.19. The quantitative estimate of drug-likeness (QED) is 0.306. The molecular formula is C24H19Cl2NO6S. The Hall–Kier alpha value is -3.20. The van der Waals surface area contributed by atoms with Gasteiger partial charge in [-0.3, -0.25) is 4.79 Å². The van der Waals surface area contributed by atoms with Crippen molar-refractivity contribution in [3.63, 3.8) is 0 Å². The van der Waals surface area contributed by atoms with Gasteiger partial charge in [0.2, 0.25) is 0 Å². The zero-order valence-electron chi connectivity index (χ0n) is 17.9. The van der Waals surface area contributed by atoms with Crippen molar-refractivity contribution >= 4 is 50.1 Å². The lowest BCUT2D eigenvalue weighted by atomic mass is 10.1. The van der Waals surface area contributed by atoms with Gasteiger partial charge in [0.15, 0.2) is 0 Å². The SMILES string of the molecule is COc1ccc2c(c1)c(CCC(=O)O)cn2S(=O)(=O)c1cccc(Oc2ccc(Cl)c(Cl)c2)c1. The third kappa shape index (κ3) is 4.84. The van der Waals surface area contributed by atoms with E-state index >= 15 is 0 Å². The number of halogens is 2. The highest BCUT2D eigenvalue weighted by Crippen LogP contribution is 2.33. The van der Waals surface area contributed by atoms with E-state index in [1.54, 1.807) is 42.5 Å². The Balaban J connectivity index is 1.75. The van der Waals surface area contributed by atoms with Crippen LogP contribution in [0.25, 0.3) is 10.9 Å². The van der Waals surface area contributed by atoms with E-state index in [0.717, 1.165) is 3.97 Å². The van der Waals surface area contributed by atoms with Crippen LogP contribution in [0.5, 0.6) is 17.2 Å². The van der Waals surface area contributed by atoms with Gasteiger partial charge in [0, 0.05) is 30.1 Å². The Morgan fingerprint density at radius 1 is 0.971 bits per heavy atom. The highest BCUT2D eigenvalue weighted by Gasteiger charge is 2.22. The molecule has 0 saturated heterocycles. The number of nitrogens with zero attached hydrogens (tertiary/aromatic N) is 1. The first-order valence-electron chi connectivity index (χ1n) is 10.1. The topological polar surface area (TPSA) is 94.8 Å². The normalized spacial score (nSPS) is 11.5. The Morgan fingerprint density at radius 2 is 1.71 bits per heavy atom. The monoisotopic (exact) mass is 519 g/mol. The number of carboxylic acid groups (broad SMARTS) is 1. The van der Waals surface area contributed by atoms with Crippen molar-refractivity contribution in [2.24, 2.45) is 0 Å². The number of benzene rings is 3. The molecule has 34 heavy (non-hydrogen) atoms. The van der Waals surface area contributed by atoms with Gasteiger partial charge in [-0.05, 0) is 54.4 Å². The fourth-order valence-electron chi connectivity index (χ4n) is 3.50. The smallest absolute Gasteiger partial charge is 0.303 e. The number of aliphatic carboxylic acids is 1. The summed E-state index contributed by atoms with van der Waals surface area (Å²) >= 11 is 12.0. The minimum Gasteiger partial charge on any atom is -0.497 e. The van der Waals surface area contributed by atoms with Gasteiger partial charge in [0.25, 0.3) is 10.0 Å². The van der Waals surface area contributed by atoms with E-state index in [1.165, 1.54) is 31.5 Å². The van der Waals surface area contributed by atoms with Crippen molar-refractivity contribution in [3.8, 4) is 17.2 Å². The lowest BCUT2D eigenvalue weighted by molar-refractivity contribution is -0.136. The molecule has 4 rings (SSSR count). The largest absolute Gasteiger partial charge is 0.497 e. The lowest BCUT2D eigenvalue weighted by Crippen LogP contribution is -2.12. The lowest BCUT2D eigenvalue weighted by Gasteiger charge is -2.11. The molecule has 0 fully saturated rings. The van der Waals surface area contributed by atoms with Crippen molar-refractivity contribution in [2.75, 3.05) is 7.11 Å². The number of hydrogen-bond donors (Lipinski definition) is 1.